The van der Waals surface area contributed by atoms with Gasteiger partial charge < -0.3 is 32.6 Å². The highest BCUT2D eigenvalue weighted by Gasteiger charge is 2.32. The number of hydrogen-bond acceptors (Lipinski definition) is 4. The van der Waals surface area contributed by atoms with Crippen LogP contribution in [-0.4, -0.2) is 60.8 Å². The normalized spacial score (nSPS) is 15.4. The Bertz CT molecular complexity index is 842. The molecule has 1 aliphatic rings. The van der Waals surface area contributed by atoms with Crippen molar-refractivity contribution in [3.8, 4) is 0 Å². The van der Waals surface area contributed by atoms with Crippen LogP contribution in [0.3, 0.4) is 0 Å². The van der Waals surface area contributed by atoms with Gasteiger partial charge in [-0.2, -0.15) is 0 Å². The molecule has 0 saturated carbocycles. The standard InChI is InChI=1S/C20H29BF3N2O4/c1-12-15(11-21(22,23)24)13(2)17(14(3)16(12)18(27)28)25-7-9-26(10-8-25)19(29)30-20(4,5)6/h7-11H2,1-6H3,(H,27,28)/q-1. The number of carboxylic acids is 1. The van der Waals surface area contributed by atoms with Crippen molar-refractivity contribution >= 4 is 24.7 Å². The quantitative estimate of drug-likeness (QED) is 0.723. The molecule has 10 heteroatoms. The number of amides is 1. The van der Waals surface area contributed by atoms with Gasteiger partial charge in [-0.15, -0.1) is 0 Å². The summed E-state index contributed by atoms with van der Waals surface area (Å²) in [5.41, 5.74) is 0.879. The van der Waals surface area contributed by atoms with E-state index in [1.807, 2.05) is 4.90 Å². The Morgan fingerprint density at radius 2 is 1.53 bits per heavy atom. The fraction of sp³-hybridized carbons (Fsp3) is 0.600. The van der Waals surface area contributed by atoms with E-state index in [9.17, 15) is 27.6 Å². The van der Waals surface area contributed by atoms with Gasteiger partial charge in [0, 0.05) is 31.9 Å². The van der Waals surface area contributed by atoms with Gasteiger partial charge in [0.1, 0.15) is 5.60 Å². The number of nitrogens with zero attached hydrogens (tertiary/aromatic N) is 2. The van der Waals surface area contributed by atoms with E-state index < -0.39 is 31.0 Å². The third-order valence-electron chi connectivity index (χ3n) is 5.26. The summed E-state index contributed by atoms with van der Waals surface area (Å²) >= 11 is 0. The van der Waals surface area contributed by atoms with Gasteiger partial charge in [0.05, 0.1) is 5.56 Å². The van der Waals surface area contributed by atoms with Crippen molar-refractivity contribution < 1.29 is 32.4 Å². The van der Waals surface area contributed by atoms with Crippen LogP contribution < -0.4 is 4.90 Å². The van der Waals surface area contributed by atoms with Crippen LogP contribution in [0.15, 0.2) is 0 Å². The second-order valence-corrected chi connectivity index (χ2v) is 8.75. The number of ether oxygens (including phenoxy) is 1. The van der Waals surface area contributed by atoms with Crippen molar-refractivity contribution in [2.45, 2.75) is 53.5 Å². The highest BCUT2D eigenvalue weighted by atomic mass is 19.4. The molecule has 0 aromatic heterocycles. The fourth-order valence-electron chi connectivity index (χ4n) is 4.03. The number of rotatable bonds is 4. The molecule has 0 radical (unpaired) electrons. The molecule has 168 valence electrons. The summed E-state index contributed by atoms with van der Waals surface area (Å²) in [7, 11) is 0. The molecular formula is C20H29BF3N2O4-. The van der Waals surface area contributed by atoms with Crippen LogP contribution in [0.25, 0.3) is 0 Å². The minimum atomic E-state index is -5.12. The van der Waals surface area contributed by atoms with Crippen LogP contribution in [0.2, 0.25) is 0 Å². The van der Waals surface area contributed by atoms with Crippen molar-refractivity contribution in [1.82, 2.24) is 4.90 Å². The van der Waals surface area contributed by atoms with E-state index in [2.05, 4.69) is 0 Å². The maximum absolute atomic E-state index is 13.2. The smallest absolute Gasteiger partial charge is 0.478 e. The molecule has 0 aliphatic carbocycles. The maximum Gasteiger partial charge on any atom is 0.482 e. The minimum absolute atomic E-state index is 0.0232. The van der Waals surface area contributed by atoms with E-state index in [0.717, 1.165) is 0 Å². The molecule has 1 saturated heterocycles. The lowest BCUT2D eigenvalue weighted by atomic mass is 9.76. The van der Waals surface area contributed by atoms with Gasteiger partial charge in [-0.25, -0.2) is 9.59 Å². The molecule has 1 aliphatic heterocycles. The first kappa shape index (κ1) is 23.9. The largest absolute Gasteiger partial charge is 0.482 e. The number of anilines is 1. The van der Waals surface area contributed by atoms with Gasteiger partial charge >= 0.3 is 19.0 Å². The van der Waals surface area contributed by atoms with E-state index in [0.29, 0.717) is 43.0 Å². The summed E-state index contributed by atoms with van der Waals surface area (Å²) in [6.07, 6.45) is -1.56. The number of halogens is 3. The molecule has 1 amide bonds. The third kappa shape index (κ3) is 5.40. The number of carbonyl (C=O) groups is 2. The van der Waals surface area contributed by atoms with E-state index in [1.54, 1.807) is 39.5 Å². The van der Waals surface area contributed by atoms with E-state index >= 15 is 0 Å². The SMILES string of the molecule is Cc1c(C[B-](F)(F)F)c(C)c(N2CCN(C(=O)OC(C)(C)C)CC2)c(C)c1C(=O)O. The summed E-state index contributed by atoms with van der Waals surface area (Å²) in [4.78, 5) is 27.5. The number of piperazine rings is 1. The Kier molecular flexibility index (Phi) is 6.68. The predicted molar refractivity (Wildman–Crippen MR) is 110 cm³/mol. The number of benzene rings is 1. The summed E-state index contributed by atoms with van der Waals surface area (Å²) in [5, 5.41) is 9.64. The molecule has 1 heterocycles. The molecule has 1 aromatic carbocycles. The number of aromatic carboxylic acids is 1. The highest BCUT2D eigenvalue weighted by Crippen LogP contribution is 2.36. The second kappa shape index (κ2) is 8.39. The second-order valence-electron chi connectivity index (χ2n) is 8.75. The first-order valence-corrected chi connectivity index (χ1v) is 9.92. The lowest BCUT2D eigenvalue weighted by Crippen LogP contribution is -2.50. The molecule has 0 unspecified atom stereocenters. The van der Waals surface area contributed by atoms with Gasteiger partial charge in [-0.1, -0.05) is 11.9 Å². The lowest BCUT2D eigenvalue weighted by molar-refractivity contribution is 0.0240. The Morgan fingerprint density at radius 1 is 1.00 bits per heavy atom. The van der Waals surface area contributed by atoms with Crippen molar-refractivity contribution in [2.75, 3.05) is 31.1 Å². The monoisotopic (exact) mass is 429 g/mol. The topological polar surface area (TPSA) is 70.1 Å². The fourth-order valence-corrected chi connectivity index (χ4v) is 4.03. The van der Waals surface area contributed by atoms with Crippen molar-refractivity contribution in [3.63, 3.8) is 0 Å². The first-order chi connectivity index (χ1) is 13.6. The lowest BCUT2D eigenvalue weighted by Gasteiger charge is -2.39. The molecular weight excluding hydrogens is 400 g/mol. The van der Waals surface area contributed by atoms with Crippen LogP contribution in [0.4, 0.5) is 23.4 Å². The summed E-state index contributed by atoms with van der Waals surface area (Å²) < 4.78 is 45.1. The molecule has 2 rings (SSSR count). The minimum Gasteiger partial charge on any atom is -0.478 e. The maximum atomic E-state index is 13.2. The molecule has 6 nitrogen and oxygen atoms in total. The van der Waals surface area contributed by atoms with Gasteiger partial charge in [0.15, 0.2) is 0 Å². The molecule has 1 fully saturated rings. The van der Waals surface area contributed by atoms with Crippen molar-refractivity contribution in [2.24, 2.45) is 0 Å². The number of carbonyl (C=O) groups excluding carboxylic acids is 1. The van der Waals surface area contributed by atoms with Crippen LogP contribution in [0.5, 0.6) is 0 Å². The Hall–Kier alpha value is -2.39. The Morgan fingerprint density at radius 3 is 1.97 bits per heavy atom. The number of carboxylic acid groups (broad SMARTS) is 1. The van der Waals surface area contributed by atoms with Gasteiger partial charge in [0.2, 0.25) is 0 Å². The highest BCUT2D eigenvalue weighted by molar-refractivity contribution is 6.58. The van der Waals surface area contributed by atoms with E-state index in [1.165, 1.54) is 6.92 Å². The van der Waals surface area contributed by atoms with Crippen molar-refractivity contribution in [3.05, 3.63) is 27.8 Å². The number of hydrogen-bond donors (Lipinski definition) is 1. The van der Waals surface area contributed by atoms with Crippen LogP contribution in [0.1, 0.15) is 53.4 Å². The average molecular weight is 429 g/mol. The Labute approximate surface area is 175 Å². The molecule has 30 heavy (non-hydrogen) atoms. The van der Waals surface area contributed by atoms with Crippen LogP contribution >= 0.6 is 0 Å². The zero-order chi connectivity index (χ0) is 23.0. The van der Waals surface area contributed by atoms with Gasteiger partial charge in [-0.05, 0) is 58.2 Å². The van der Waals surface area contributed by atoms with Crippen LogP contribution in [0, 0.1) is 20.8 Å². The average Bonchev–Trinajstić information content (AvgIpc) is 2.56. The zero-order valence-corrected chi connectivity index (χ0v) is 18.3. The van der Waals surface area contributed by atoms with Crippen LogP contribution in [-0.2, 0) is 11.1 Å². The summed E-state index contributed by atoms with van der Waals surface area (Å²) in [6.45, 7) is 6.30. The summed E-state index contributed by atoms with van der Waals surface area (Å²) in [6, 6.07) is 0. The third-order valence-corrected chi connectivity index (χ3v) is 5.26. The predicted octanol–water partition coefficient (Wildman–Crippen LogP) is 4.30. The van der Waals surface area contributed by atoms with E-state index in [4.69, 9.17) is 4.74 Å². The van der Waals surface area contributed by atoms with E-state index in [-0.39, 0.29) is 16.7 Å². The van der Waals surface area contributed by atoms with Gasteiger partial charge in [-0.3, -0.25) is 0 Å². The molecule has 0 spiro atoms. The van der Waals surface area contributed by atoms with Crippen molar-refractivity contribution in [1.29, 1.82) is 0 Å². The molecule has 0 bridgehead atoms. The molecule has 1 N–H and O–H groups in total. The zero-order valence-electron chi connectivity index (χ0n) is 18.3. The summed E-state index contributed by atoms with van der Waals surface area (Å²) in [5.74, 6) is -1.24. The first-order valence-electron chi connectivity index (χ1n) is 9.92. The molecule has 1 aromatic rings. The van der Waals surface area contributed by atoms with Gasteiger partial charge in [0.25, 0.3) is 0 Å². The molecule has 0 atom stereocenters. The Balaban J connectivity index is 2.38.